The predicted octanol–water partition coefficient (Wildman–Crippen LogP) is 2.05. The van der Waals surface area contributed by atoms with E-state index in [4.69, 9.17) is 24.1 Å². The fraction of sp³-hybridized carbons (Fsp3) is 0.529. The molecule has 5 heteroatoms. The number of ether oxygens (including phenoxy) is 4. The SMILES string of the molecule is C=CCOCC(COc1ccccc1)OCC(C)OCCO. The number of para-hydroxylation sites is 1. The quantitative estimate of drug-likeness (QED) is 0.446. The molecule has 0 spiro atoms. The Morgan fingerprint density at radius 3 is 2.59 bits per heavy atom. The molecule has 0 radical (unpaired) electrons. The summed E-state index contributed by atoms with van der Waals surface area (Å²) in [7, 11) is 0. The molecule has 0 aliphatic rings. The van der Waals surface area contributed by atoms with Gasteiger partial charge in [0.25, 0.3) is 0 Å². The second-order valence-corrected chi connectivity index (χ2v) is 4.81. The molecule has 1 aromatic carbocycles. The molecule has 2 atom stereocenters. The van der Waals surface area contributed by atoms with Gasteiger partial charge in [0.1, 0.15) is 18.5 Å². The standard InChI is InChI=1S/C17H26O5/c1-3-10-19-13-17(21-12-15(2)20-11-9-18)14-22-16-7-5-4-6-8-16/h3-8,15,17-18H,1,9-14H2,2H3. The predicted molar refractivity (Wildman–Crippen MR) is 85.2 cm³/mol. The van der Waals surface area contributed by atoms with Crippen LogP contribution < -0.4 is 4.74 Å². The van der Waals surface area contributed by atoms with Gasteiger partial charge < -0.3 is 24.1 Å². The lowest BCUT2D eigenvalue weighted by Crippen LogP contribution is -2.31. The first kappa shape index (κ1) is 18.6. The third kappa shape index (κ3) is 8.79. The summed E-state index contributed by atoms with van der Waals surface area (Å²) in [6.07, 6.45) is 1.41. The molecular weight excluding hydrogens is 284 g/mol. The zero-order chi connectivity index (χ0) is 16.0. The molecule has 0 aliphatic heterocycles. The van der Waals surface area contributed by atoms with E-state index < -0.39 is 0 Å². The Hall–Kier alpha value is -1.40. The molecule has 5 nitrogen and oxygen atoms in total. The molecule has 0 aromatic heterocycles. The number of hydrogen-bond donors (Lipinski definition) is 1. The Morgan fingerprint density at radius 2 is 1.91 bits per heavy atom. The smallest absolute Gasteiger partial charge is 0.119 e. The molecule has 0 bridgehead atoms. The summed E-state index contributed by atoms with van der Waals surface area (Å²) in [6, 6.07) is 9.58. The summed E-state index contributed by atoms with van der Waals surface area (Å²) in [4.78, 5) is 0. The highest BCUT2D eigenvalue weighted by Gasteiger charge is 2.13. The number of aliphatic hydroxyl groups is 1. The maximum Gasteiger partial charge on any atom is 0.119 e. The molecule has 0 saturated heterocycles. The highest BCUT2D eigenvalue weighted by molar-refractivity contribution is 5.20. The van der Waals surface area contributed by atoms with Crippen molar-refractivity contribution in [3.8, 4) is 5.75 Å². The van der Waals surface area contributed by atoms with E-state index in [2.05, 4.69) is 6.58 Å². The van der Waals surface area contributed by atoms with Crippen molar-refractivity contribution in [2.75, 3.05) is 39.6 Å². The largest absolute Gasteiger partial charge is 0.491 e. The molecule has 0 amide bonds. The van der Waals surface area contributed by atoms with Crippen LogP contribution in [0.4, 0.5) is 0 Å². The third-order valence-electron chi connectivity index (χ3n) is 2.78. The minimum absolute atomic E-state index is 0.00727. The second-order valence-electron chi connectivity index (χ2n) is 4.81. The molecule has 1 aromatic rings. The van der Waals surface area contributed by atoms with Gasteiger partial charge in [0.05, 0.1) is 39.1 Å². The van der Waals surface area contributed by atoms with Crippen molar-refractivity contribution in [2.24, 2.45) is 0 Å². The van der Waals surface area contributed by atoms with Crippen molar-refractivity contribution < 1.29 is 24.1 Å². The molecule has 0 saturated carbocycles. The fourth-order valence-electron chi connectivity index (χ4n) is 1.71. The van der Waals surface area contributed by atoms with Crippen LogP contribution in [0.2, 0.25) is 0 Å². The maximum atomic E-state index is 8.73. The Morgan fingerprint density at radius 1 is 1.14 bits per heavy atom. The summed E-state index contributed by atoms with van der Waals surface area (Å²) in [5, 5.41) is 8.73. The Kier molecular flexibility index (Phi) is 10.3. The van der Waals surface area contributed by atoms with Gasteiger partial charge in [-0.25, -0.2) is 0 Å². The summed E-state index contributed by atoms with van der Waals surface area (Å²) < 4.78 is 22.3. The minimum atomic E-state index is -0.194. The van der Waals surface area contributed by atoms with Crippen LogP contribution in [0.15, 0.2) is 43.0 Å². The van der Waals surface area contributed by atoms with Crippen LogP contribution in [0.5, 0.6) is 5.75 Å². The van der Waals surface area contributed by atoms with Gasteiger partial charge in [0.15, 0.2) is 0 Å². The Bertz CT molecular complexity index is 382. The topological polar surface area (TPSA) is 57.2 Å². The van der Waals surface area contributed by atoms with Crippen LogP contribution in [0.3, 0.4) is 0 Å². The minimum Gasteiger partial charge on any atom is -0.491 e. The molecule has 22 heavy (non-hydrogen) atoms. The van der Waals surface area contributed by atoms with Crippen molar-refractivity contribution in [3.05, 3.63) is 43.0 Å². The number of hydrogen-bond acceptors (Lipinski definition) is 5. The lowest BCUT2D eigenvalue weighted by Gasteiger charge is -2.21. The molecular formula is C17H26O5. The number of aliphatic hydroxyl groups excluding tert-OH is 1. The van der Waals surface area contributed by atoms with Gasteiger partial charge in [-0.05, 0) is 19.1 Å². The van der Waals surface area contributed by atoms with Gasteiger partial charge in [-0.15, -0.1) is 6.58 Å². The summed E-state index contributed by atoms with van der Waals surface area (Å²) in [5.74, 6) is 0.796. The monoisotopic (exact) mass is 310 g/mol. The van der Waals surface area contributed by atoms with Crippen LogP contribution in [0.25, 0.3) is 0 Å². The zero-order valence-electron chi connectivity index (χ0n) is 13.1. The first-order chi connectivity index (χ1) is 10.8. The van der Waals surface area contributed by atoms with Crippen molar-refractivity contribution >= 4 is 0 Å². The van der Waals surface area contributed by atoms with Crippen molar-refractivity contribution in [1.29, 1.82) is 0 Å². The summed E-state index contributed by atoms with van der Waals surface area (Å²) in [5.41, 5.74) is 0. The lowest BCUT2D eigenvalue weighted by atomic mass is 10.3. The number of benzene rings is 1. The van der Waals surface area contributed by atoms with E-state index in [0.29, 0.717) is 33.0 Å². The number of rotatable bonds is 13. The van der Waals surface area contributed by atoms with Gasteiger partial charge in [-0.1, -0.05) is 24.3 Å². The molecule has 2 unspecified atom stereocenters. The van der Waals surface area contributed by atoms with E-state index in [1.165, 1.54) is 0 Å². The molecule has 0 aliphatic carbocycles. The van der Waals surface area contributed by atoms with Gasteiger partial charge in [0.2, 0.25) is 0 Å². The highest BCUT2D eigenvalue weighted by atomic mass is 16.6. The lowest BCUT2D eigenvalue weighted by molar-refractivity contribution is -0.0767. The molecule has 0 heterocycles. The highest BCUT2D eigenvalue weighted by Crippen LogP contribution is 2.10. The van der Waals surface area contributed by atoms with E-state index in [0.717, 1.165) is 5.75 Å². The van der Waals surface area contributed by atoms with Crippen molar-refractivity contribution in [3.63, 3.8) is 0 Å². The second kappa shape index (κ2) is 12.2. The normalized spacial score (nSPS) is 13.5. The molecule has 1 rings (SSSR count). The van der Waals surface area contributed by atoms with E-state index in [-0.39, 0.29) is 18.8 Å². The summed E-state index contributed by atoms with van der Waals surface area (Å²) >= 11 is 0. The first-order valence-corrected chi connectivity index (χ1v) is 7.46. The van der Waals surface area contributed by atoms with Crippen LogP contribution in [-0.4, -0.2) is 57.0 Å². The van der Waals surface area contributed by atoms with Gasteiger partial charge >= 0.3 is 0 Å². The van der Waals surface area contributed by atoms with Crippen molar-refractivity contribution in [1.82, 2.24) is 0 Å². The van der Waals surface area contributed by atoms with Crippen LogP contribution in [0.1, 0.15) is 6.92 Å². The Balaban J connectivity index is 2.36. The van der Waals surface area contributed by atoms with E-state index in [1.807, 2.05) is 37.3 Å². The molecule has 124 valence electrons. The van der Waals surface area contributed by atoms with Gasteiger partial charge in [-0.3, -0.25) is 0 Å². The molecule has 1 N–H and O–H groups in total. The third-order valence-corrected chi connectivity index (χ3v) is 2.78. The Labute approximate surface area is 132 Å². The van der Waals surface area contributed by atoms with Gasteiger partial charge in [-0.2, -0.15) is 0 Å². The fourth-order valence-corrected chi connectivity index (χ4v) is 1.71. The van der Waals surface area contributed by atoms with E-state index >= 15 is 0 Å². The molecule has 0 fully saturated rings. The van der Waals surface area contributed by atoms with Crippen LogP contribution in [0, 0.1) is 0 Å². The van der Waals surface area contributed by atoms with Crippen LogP contribution in [-0.2, 0) is 14.2 Å². The first-order valence-electron chi connectivity index (χ1n) is 7.46. The average molecular weight is 310 g/mol. The van der Waals surface area contributed by atoms with E-state index in [9.17, 15) is 0 Å². The van der Waals surface area contributed by atoms with Gasteiger partial charge in [0, 0.05) is 0 Å². The maximum absolute atomic E-state index is 8.73. The van der Waals surface area contributed by atoms with Crippen LogP contribution >= 0.6 is 0 Å². The average Bonchev–Trinajstić information content (AvgIpc) is 2.56. The zero-order valence-corrected chi connectivity index (χ0v) is 13.1. The van der Waals surface area contributed by atoms with Crippen molar-refractivity contribution in [2.45, 2.75) is 19.1 Å². The van der Waals surface area contributed by atoms with E-state index in [1.54, 1.807) is 6.08 Å². The summed E-state index contributed by atoms with van der Waals surface area (Å²) in [6.45, 7) is 7.54.